The number of nitrogens with one attached hydrogen (secondary N) is 1. The second-order valence-electron chi connectivity index (χ2n) is 5.43. The van der Waals surface area contributed by atoms with Crippen LogP contribution in [0.15, 0.2) is 29.1 Å². The lowest BCUT2D eigenvalue weighted by molar-refractivity contribution is 0.311. The zero-order valence-corrected chi connectivity index (χ0v) is 12.6. The van der Waals surface area contributed by atoms with Crippen LogP contribution in [0.4, 0.5) is 0 Å². The van der Waals surface area contributed by atoms with Crippen molar-refractivity contribution in [1.82, 2.24) is 20.2 Å². The molecule has 106 valence electrons. The average molecular weight is 288 g/mol. The van der Waals surface area contributed by atoms with Crippen LogP contribution in [0.3, 0.4) is 0 Å². The molecule has 0 bridgehead atoms. The van der Waals surface area contributed by atoms with Gasteiger partial charge in [-0.2, -0.15) is 0 Å². The van der Waals surface area contributed by atoms with Crippen LogP contribution in [0.25, 0.3) is 0 Å². The van der Waals surface area contributed by atoms with Gasteiger partial charge in [-0.05, 0) is 32.0 Å². The Kier molecular flexibility index (Phi) is 4.40. The van der Waals surface area contributed by atoms with Crippen molar-refractivity contribution in [3.05, 3.63) is 46.2 Å². The molecule has 0 unspecified atom stereocenters. The summed E-state index contributed by atoms with van der Waals surface area (Å²) in [4.78, 5) is 11.3. The van der Waals surface area contributed by atoms with Gasteiger partial charge in [-0.3, -0.25) is 9.88 Å². The van der Waals surface area contributed by atoms with Crippen molar-refractivity contribution in [2.45, 2.75) is 38.5 Å². The number of thiazole rings is 1. The Labute approximate surface area is 123 Å². The molecule has 2 aromatic heterocycles. The van der Waals surface area contributed by atoms with E-state index in [2.05, 4.69) is 45.8 Å². The van der Waals surface area contributed by atoms with E-state index in [1.54, 1.807) is 11.3 Å². The van der Waals surface area contributed by atoms with Gasteiger partial charge in [0.1, 0.15) is 0 Å². The van der Waals surface area contributed by atoms with Gasteiger partial charge in [0.25, 0.3) is 0 Å². The third kappa shape index (κ3) is 4.10. The molecule has 1 saturated carbocycles. The van der Waals surface area contributed by atoms with Crippen molar-refractivity contribution in [1.29, 1.82) is 0 Å². The molecule has 4 nitrogen and oxygen atoms in total. The average Bonchev–Trinajstić information content (AvgIpc) is 3.14. The molecule has 0 saturated heterocycles. The van der Waals surface area contributed by atoms with E-state index in [-0.39, 0.29) is 0 Å². The molecule has 0 amide bonds. The van der Waals surface area contributed by atoms with E-state index < -0.39 is 0 Å². The SMILES string of the molecule is CN(Cc1cscn1)Cc1cccc(CNC2CC2)n1. The minimum atomic E-state index is 0.729. The van der Waals surface area contributed by atoms with Crippen molar-refractivity contribution in [2.75, 3.05) is 7.05 Å². The van der Waals surface area contributed by atoms with Crippen LogP contribution >= 0.6 is 11.3 Å². The van der Waals surface area contributed by atoms with Gasteiger partial charge in [0.05, 0.1) is 22.6 Å². The molecule has 1 aliphatic rings. The summed E-state index contributed by atoms with van der Waals surface area (Å²) in [6, 6.07) is 7.02. The molecule has 0 aromatic carbocycles. The van der Waals surface area contributed by atoms with E-state index in [1.165, 1.54) is 12.8 Å². The van der Waals surface area contributed by atoms with Gasteiger partial charge in [-0.25, -0.2) is 4.98 Å². The van der Waals surface area contributed by atoms with Crippen LogP contribution in [-0.2, 0) is 19.6 Å². The Balaban J connectivity index is 1.54. The monoisotopic (exact) mass is 288 g/mol. The minimum absolute atomic E-state index is 0.729. The third-order valence-electron chi connectivity index (χ3n) is 3.36. The maximum absolute atomic E-state index is 4.72. The summed E-state index contributed by atoms with van der Waals surface area (Å²) in [5.41, 5.74) is 5.27. The predicted octanol–water partition coefficient (Wildman–Crippen LogP) is 2.42. The second-order valence-corrected chi connectivity index (χ2v) is 6.15. The Morgan fingerprint density at radius 3 is 2.80 bits per heavy atom. The van der Waals surface area contributed by atoms with Crippen LogP contribution in [0.2, 0.25) is 0 Å². The minimum Gasteiger partial charge on any atom is -0.308 e. The highest BCUT2D eigenvalue weighted by molar-refractivity contribution is 7.07. The first-order valence-electron chi connectivity index (χ1n) is 7.03. The summed E-state index contributed by atoms with van der Waals surface area (Å²) in [6.07, 6.45) is 2.63. The van der Waals surface area contributed by atoms with Gasteiger partial charge in [0, 0.05) is 31.1 Å². The first kappa shape index (κ1) is 13.7. The Morgan fingerprint density at radius 2 is 2.05 bits per heavy atom. The highest BCUT2D eigenvalue weighted by Crippen LogP contribution is 2.19. The van der Waals surface area contributed by atoms with Gasteiger partial charge < -0.3 is 5.32 Å². The molecule has 3 rings (SSSR count). The van der Waals surface area contributed by atoms with Crippen molar-refractivity contribution in [3.63, 3.8) is 0 Å². The molecule has 1 fully saturated rings. The molecule has 2 aromatic rings. The summed E-state index contributed by atoms with van der Waals surface area (Å²) in [7, 11) is 2.11. The predicted molar refractivity (Wildman–Crippen MR) is 81.4 cm³/mol. The number of pyridine rings is 1. The third-order valence-corrected chi connectivity index (χ3v) is 4.00. The van der Waals surface area contributed by atoms with E-state index in [1.807, 2.05) is 5.51 Å². The molecule has 0 radical (unpaired) electrons. The van der Waals surface area contributed by atoms with Gasteiger partial charge in [0.15, 0.2) is 0 Å². The van der Waals surface area contributed by atoms with Crippen LogP contribution in [0, 0.1) is 0 Å². The quantitative estimate of drug-likeness (QED) is 0.849. The van der Waals surface area contributed by atoms with Gasteiger partial charge in [-0.1, -0.05) is 6.07 Å². The maximum atomic E-state index is 4.72. The number of hydrogen-bond acceptors (Lipinski definition) is 5. The number of rotatable bonds is 7. The summed E-state index contributed by atoms with van der Waals surface area (Å²) < 4.78 is 0. The fourth-order valence-electron chi connectivity index (χ4n) is 2.18. The lowest BCUT2D eigenvalue weighted by atomic mass is 10.2. The Hall–Kier alpha value is -1.30. The van der Waals surface area contributed by atoms with Crippen LogP contribution in [0.1, 0.15) is 29.9 Å². The molecular formula is C15H20N4S. The van der Waals surface area contributed by atoms with Crippen LogP contribution in [-0.4, -0.2) is 28.0 Å². The number of aromatic nitrogens is 2. The van der Waals surface area contributed by atoms with E-state index in [0.717, 1.165) is 42.8 Å². The largest absolute Gasteiger partial charge is 0.308 e. The number of hydrogen-bond donors (Lipinski definition) is 1. The molecule has 2 heterocycles. The Bertz CT molecular complexity index is 537. The lowest BCUT2D eigenvalue weighted by Crippen LogP contribution is -2.20. The van der Waals surface area contributed by atoms with Crippen molar-refractivity contribution < 1.29 is 0 Å². The topological polar surface area (TPSA) is 41.1 Å². The summed E-state index contributed by atoms with van der Waals surface area (Å²) >= 11 is 1.64. The molecule has 0 spiro atoms. The van der Waals surface area contributed by atoms with Crippen LogP contribution < -0.4 is 5.32 Å². The van der Waals surface area contributed by atoms with Gasteiger partial charge >= 0.3 is 0 Å². The summed E-state index contributed by atoms with van der Waals surface area (Å²) in [5, 5.41) is 5.60. The zero-order valence-electron chi connectivity index (χ0n) is 11.7. The van der Waals surface area contributed by atoms with E-state index in [4.69, 9.17) is 4.98 Å². The smallest absolute Gasteiger partial charge is 0.0795 e. The molecule has 1 N–H and O–H groups in total. The molecule has 0 aliphatic heterocycles. The molecule has 20 heavy (non-hydrogen) atoms. The number of nitrogens with zero attached hydrogens (tertiary/aromatic N) is 3. The summed E-state index contributed by atoms with van der Waals surface area (Å²) in [6.45, 7) is 2.61. The molecule has 5 heteroatoms. The van der Waals surface area contributed by atoms with Crippen molar-refractivity contribution >= 4 is 11.3 Å². The lowest BCUT2D eigenvalue weighted by Gasteiger charge is -2.15. The first-order chi connectivity index (χ1) is 9.79. The zero-order chi connectivity index (χ0) is 13.8. The van der Waals surface area contributed by atoms with Crippen molar-refractivity contribution in [2.24, 2.45) is 0 Å². The highest BCUT2D eigenvalue weighted by Gasteiger charge is 2.20. The normalized spacial score (nSPS) is 14.9. The summed E-state index contributed by atoms with van der Waals surface area (Å²) in [5.74, 6) is 0. The van der Waals surface area contributed by atoms with Crippen molar-refractivity contribution in [3.8, 4) is 0 Å². The van der Waals surface area contributed by atoms with Gasteiger partial charge in [-0.15, -0.1) is 11.3 Å². The van der Waals surface area contributed by atoms with Gasteiger partial charge in [0.2, 0.25) is 0 Å². The molecule has 1 aliphatic carbocycles. The van der Waals surface area contributed by atoms with E-state index in [0.29, 0.717) is 0 Å². The van der Waals surface area contributed by atoms with E-state index >= 15 is 0 Å². The van der Waals surface area contributed by atoms with Crippen LogP contribution in [0.5, 0.6) is 0 Å². The Morgan fingerprint density at radius 1 is 1.25 bits per heavy atom. The fourth-order valence-corrected chi connectivity index (χ4v) is 2.73. The fraction of sp³-hybridized carbons (Fsp3) is 0.467. The second kappa shape index (κ2) is 6.43. The molecular weight excluding hydrogens is 268 g/mol. The highest BCUT2D eigenvalue weighted by atomic mass is 32.1. The first-order valence-corrected chi connectivity index (χ1v) is 7.97. The molecule has 0 atom stereocenters. The van der Waals surface area contributed by atoms with E-state index in [9.17, 15) is 0 Å². The maximum Gasteiger partial charge on any atom is 0.0795 e. The standard InChI is InChI=1S/C15H20N4S/c1-19(9-15-10-20-11-17-15)8-14-4-2-3-13(18-14)7-16-12-5-6-12/h2-4,10-12,16H,5-9H2,1H3.